The van der Waals surface area contributed by atoms with Crippen LogP contribution in [0, 0.1) is 0 Å². The van der Waals surface area contributed by atoms with Gasteiger partial charge in [-0.3, -0.25) is 9.36 Å². The highest BCUT2D eigenvalue weighted by molar-refractivity contribution is 5.95. The minimum absolute atomic E-state index is 0.0231. The topological polar surface area (TPSA) is 67.3 Å². The summed E-state index contributed by atoms with van der Waals surface area (Å²) >= 11 is 0. The van der Waals surface area contributed by atoms with Crippen LogP contribution in [0.25, 0.3) is 16.7 Å². The van der Waals surface area contributed by atoms with Gasteiger partial charge in [0.05, 0.1) is 17.6 Å². The van der Waals surface area contributed by atoms with Crippen LogP contribution in [0.1, 0.15) is 28.8 Å². The van der Waals surface area contributed by atoms with Crippen LogP contribution in [0.2, 0.25) is 0 Å². The predicted molar refractivity (Wildman–Crippen MR) is 108 cm³/mol. The van der Waals surface area contributed by atoms with Crippen molar-refractivity contribution in [2.45, 2.75) is 19.3 Å². The normalized spacial score (nSPS) is 16.4. The largest absolute Gasteiger partial charge is 0.493 e. The first-order valence-corrected chi connectivity index (χ1v) is 9.65. The minimum atomic E-state index is -0.137. The highest BCUT2D eigenvalue weighted by atomic mass is 16.5. The summed E-state index contributed by atoms with van der Waals surface area (Å²) in [5.74, 6) is 0.914. The minimum Gasteiger partial charge on any atom is -0.493 e. The number of ether oxygens (including phenoxy) is 1. The van der Waals surface area contributed by atoms with Crippen LogP contribution in [-0.4, -0.2) is 40.1 Å². The fraction of sp³-hybridized carbons (Fsp3) is 0.273. The summed E-state index contributed by atoms with van der Waals surface area (Å²) in [7, 11) is 0. The average molecular weight is 375 g/mol. The number of hydrogen-bond donors (Lipinski definition) is 1. The fourth-order valence-electron chi connectivity index (χ4n) is 4.06. The number of benzene rings is 2. The number of carbonyl (C=O) groups excluding carboxylic acids is 1. The maximum absolute atomic E-state index is 12.9. The van der Waals surface area contributed by atoms with Gasteiger partial charge in [0.2, 0.25) is 0 Å². The maximum Gasteiger partial charge on any atom is 0.330 e. The van der Waals surface area contributed by atoms with Crippen molar-refractivity contribution in [3.63, 3.8) is 0 Å². The first-order chi connectivity index (χ1) is 13.7. The molecule has 0 fully saturated rings. The Balaban J connectivity index is 1.39. The Hall–Kier alpha value is -3.28. The number of fused-ring (bicyclic) bond motifs is 2. The van der Waals surface area contributed by atoms with Crippen molar-refractivity contribution in [1.29, 1.82) is 0 Å². The number of nitrogens with zero attached hydrogens (tertiary/aromatic N) is 2. The molecule has 2 aliphatic heterocycles. The van der Waals surface area contributed by atoms with Gasteiger partial charge in [0.15, 0.2) is 0 Å². The molecular formula is C22H21N3O3. The standard InChI is InChI=1S/C22H21N3O3/c26-21(16-7-8-20-15(14-16)4-3-13-28-20)24-11-9-17(10-12-24)25-19-6-2-1-5-18(19)23-22(25)27/h1-2,5-9,14H,3-4,10-13H2,(H,23,27). The molecule has 3 aromatic rings. The number of imidazole rings is 1. The van der Waals surface area contributed by atoms with E-state index in [1.54, 1.807) is 4.57 Å². The van der Waals surface area contributed by atoms with Gasteiger partial charge >= 0.3 is 5.69 Å². The molecular weight excluding hydrogens is 354 g/mol. The lowest BCUT2D eigenvalue weighted by atomic mass is 10.0. The van der Waals surface area contributed by atoms with E-state index < -0.39 is 0 Å². The van der Waals surface area contributed by atoms with Gasteiger partial charge in [-0.05, 0) is 54.8 Å². The smallest absolute Gasteiger partial charge is 0.330 e. The first-order valence-electron chi connectivity index (χ1n) is 9.65. The number of carbonyl (C=O) groups is 1. The summed E-state index contributed by atoms with van der Waals surface area (Å²) in [6, 6.07) is 13.4. The second-order valence-corrected chi connectivity index (χ2v) is 7.25. The Morgan fingerprint density at radius 2 is 2.00 bits per heavy atom. The summed E-state index contributed by atoms with van der Waals surface area (Å²) in [5, 5.41) is 0. The van der Waals surface area contributed by atoms with E-state index in [1.807, 2.05) is 53.4 Å². The van der Waals surface area contributed by atoms with Crippen molar-refractivity contribution >= 4 is 22.6 Å². The molecule has 0 spiro atoms. The van der Waals surface area contributed by atoms with Crippen LogP contribution in [0.15, 0.2) is 53.3 Å². The third-order valence-electron chi connectivity index (χ3n) is 5.50. The van der Waals surface area contributed by atoms with Gasteiger partial charge in [0.1, 0.15) is 5.75 Å². The second-order valence-electron chi connectivity index (χ2n) is 7.25. The molecule has 0 radical (unpaired) electrons. The van der Waals surface area contributed by atoms with Crippen LogP contribution in [0.4, 0.5) is 0 Å². The number of rotatable bonds is 2. The molecule has 0 saturated carbocycles. The SMILES string of the molecule is O=C(c1ccc2c(c1)CCCO2)N1CC=C(n2c(=O)[nH]c3ccccc32)CC1. The zero-order valence-electron chi connectivity index (χ0n) is 15.5. The molecule has 1 aromatic heterocycles. The molecule has 2 aromatic carbocycles. The van der Waals surface area contributed by atoms with E-state index in [2.05, 4.69) is 4.98 Å². The van der Waals surface area contributed by atoms with Gasteiger partial charge in [-0.2, -0.15) is 0 Å². The van der Waals surface area contributed by atoms with Gasteiger partial charge in [0.25, 0.3) is 5.91 Å². The molecule has 0 bridgehead atoms. The Kier molecular flexibility index (Phi) is 4.04. The zero-order chi connectivity index (χ0) is 19.1. The lowest BCUT2D eigenvalue weighted by Crippen LogP contribution is -2.36. The third kappa shape index (κ3) is 2.81. The summed E-state index contributed by atoms with van der Waals surface area (Å²) in [4.78, 5) is 30.0. The molecule has 6 nitrogen and oxygen atoms in total. The molecule has 0 aliphatic carbocycles. The van der Waals surface area contributed by atoms with Crippen LogP contribution in [0.5, 0.6) is 5.75 Å². The Labute approximate surface area is 162 Å². The quantitative estimate of drug-likeness (QED) is 0.749. The van der Waals surface area contributed by atoms with Gasteiger partial charge < -0.3 is 14.6 Å². The number of hydrogen-bond acceptors (Lipinski definition) is 3. The van der Waals surface area contributed by atoms with Gasteiger partial charge in [-0.25, -0.2) is 4.79 Å². The molecule has 0 atom stereocenters. The Bertz CT molecular complexity index is 1160. The molecule has 1 amide bonds. The number of nitrogens with one attached hydrogen (secondary N) is 1. The summed E-state index contributed by atoms with van der Waals surface area (Å²) in [5.41, 5.74) is 4.30. The number of aryl methyl sites for hydroxylation is 1. The van der Waals surface area contributed by atoms with E-state index in [0.717, 1.165) is 47.5 Å². The molecule has 1 N–H and O–H groups in total. The van der Waals surface area contributed by atoms with E-state index >= 15 is 0 Å². The van der Waals surface area contributed by atoms with Crippen molar-refractivity contribution in [3.05, 3.63) is 70.2 Å². The average Bonchev–Trinajstić information content (AvgIpc) is 3.08. The van der Waals surface area contributed by atoms with Crippen LogP contribution >= 0.6 is 0 Å². The number of para-hydroxylation sites is 2. The monoisotopic (exact) mass is 375 g/mol. The number of amides is 1. The number of aromatic nitrogens is 2. The predicted octanol–water partition coefficient (Wildman–Crippen LogP) is 3.04. The second kappa shape index (κ2) is 6.71. The van der Waals surface area contributed by atoms with Gasteiger partial charge in [0, 0.05) is 30.8 Å². The molecule has 0 saturated heterocycles. The van der Waals surface area contributed by atoms with Crippen molar-refractivity contribution in [1.82, 2.24) is 14.5 Å². The number of H-pyrrole nitrogens is 1. The number of aromatic amines is 1. The fourth-order valence-corrected chi connectivity index (χ4v) is 4.06. The van der Waals surface area contributed by atoms with Crippen molar-refractivity contribution in [3.8, 4) is 5.75 Å². The van der Waals surface area contributed by atoms with E-state index in [4.69, 9.17) is 4.74 Å². The zero-order valence-corrected chi connectivity index (χ0v) is 15.5. The summed E-state index contributed by atoms with van der Waals surface area (Å²) in [6.45, 7) is 1.82. The first kappa shape index (κ1) is 16.9. The Morgan fingerprint density at radius 1 is 1.11 bits per heavy atom. The third-order valence-corrected chi connectivity index (χ3v) is 5.50. The molecule has 142 valence electrons. The molecule has 3 heterocycles. The van der Waals surface area contributed by atoms with Crippen LogP contribution in [0.3, 0.4) is 0 Å². The van der Waals surface area contributed by atoms with E-state index in [1.165, 1.54) is 0 Å². The van der Waals surface area contributed by atoms with Gasteiger partial charge in [-0.15, -0.1) is 0 Å². The molecule has 6 heteroatoms. The molecule has 28 heavy (non-hydrogen) atoms. The molecule has 0 unspecified atom stereocenters. The van der Waals surface area contributed by atoms with Crippen molar-refractivity contribution < 1.29 is 9.53 Å². The van der Waals surface area contributed by atoms with Crippen molar-refractivity contribution in [2.24, 2.45) is 0 Å². The lowest BCUT2D eigenvalue weighted by molar-refractivity contribution is 0.0772. The summed E-state index contributed by atoms with van der Waals surface area (Å²) in [6.07, 6.45) is 4.55. The molecule has 5 rings (SSSR count). The highest BCUT2D eigenvalue weighted by Crippen LogP contribution is 2.27. The van der Waals surface area contributed by atoms with Crippen LogP contribution in [-0.2, 0) is 6.42 Å². The van der Waals surface area contributed by atoms with Gasteiger partial charge in [-0.1, -0.05) is 12.1 Å². The van der Waals surface area contributed by atoms with Crippen molar-refractivity contribution in [2.75, 3.05) is 19.7 Å². The van der Waals surface area contributed by atoms with Crippen LogP contribution < -0.4 is 10.4 Å². The highest BCUT2D eigenvalue weighted by Gasteiger charge is 2.22. The van der Waals surface area contributed by atoms with E-state index in [-0.39, 0.29) is 11.6 Å². The van der Waals surface area contributed by atoms with E-state index in [9.17, 15) is 9.59 Å². The Morgan fingerprint density at radius 3 is 2.86 bits per heavy atom. The summed E-state index contributed by atoms with van der Waals surface area (Å²) < 4.78 is 7.35. The molecule has 2 aliphatic rings. The van der Waals surface area contributed by atoms with E-state index in [0.29, 0.717) is 25.1 Å². The maximum atomic E-state index is 12.9. The lowest BCUT2D eigenvalue weighted by Gasteiger charge is -2.27.